The van der Waals surface area contributed by atoms with E-state index in [9.17, 15) is 9.90 Å². The summed E-state index contributed by atoms with van der Waals surface area (Å²) in [4.78, 5) is 27.7. The second-order valence-corrected chi connectivity index (χ2v) is 7.33. The zero-order chi connectivity index (χ0) is 17.4. The number of phenols is 1. The van der Waals surface area contributed by atoms with E-state index in [0.29, 0.717) is 18.7 Å². The fraction of sp³-hybridized carbons (Fsp3) is 0.278. The van der Waals surface area contributed by atoms with Crippen LogP contribution in [0.2, 0.25) is 0 Å². The second kappa shape index (κ2) is 6.33. The molecule has 4 rings (SSSR count). The lowest BCUT2D eigenvalue weighted by Crippen LogP contribution is -2.49. The summed E-state index contributed by atoms with van der Waals surface area (Å²) >= 11 is 1.67. The Morgan fingerprint density at radius 2 is 1.84 bits per heavy atom. The molecule has 0 unspecified atom stereocenters. The van der Waals surface area contributed by atoms with Crippen molar-refractivity contribution in [3.8, 4) is 5.75 Å². The average Bonchev–Trinajstić information content (AvgIpc) is 3.02. The van der Waals surface area contributed by atoms with Gasteiger partial charge in [0.05, 0.1) is 5.39 Å². The Hall–Kier alpha value is -2.67. The van der Waals surface area contributed by atoms with Crippen LogP contribution in [0.4, 0.5) is 5.82 Å². The Morgan fingerprint density at radius 3 is 2.56 bits per heavy atom. The summed E-state index contributed by atoms with van der Waals surface area (Å²) < 4.78 is 0. The normalized spacial score (nSPS) is 14.9. The Kier molecular flexibility index (Phi) is 4.01. The van der Waals surface area contributed by atoms with Crippen molar-refractivity contribution >= 4 is 33.3 Å². The summed E-state index contributed by atoms with van der Waals surface area (Å²) in [5, 5.41) is 10.4. The van der Waals surface area contributed by atoms with Crippen molar-refractivity contribution in [3.63, 3.8) is 0 Å². The van der Waals surface area contributed by atoms with Gasteiger partial charge in [0.2, 0.25) is 0 Å². The van der Waals surface area contributed by atoms with Crippen molar-refractivity contribution < 1.29 is 9.90 Å². The number of carbonyl (C=O) groups is 1. The number of rotatable bonds is 2. The zero-order valence-electron chi connectivity index (χ0n) is 13.8. The van der Waals surface area contributed by atoms with Crippen LogP contribution in [0.15, 0.2) is 36.7 Å². The lowest BCUT2D eigenvalue weighted by molar-refractivity contribution is 0.0746. The number of fused-ring (bicyclic) bond motifs is 1. The van der Waals surface area contributed by atoms with Crippen LogP contribution in [0.3, 0.4) is 0 Å². The van der Waals surface area contributed by atoms with Crippen molar-refractivity contribution in [2.45, 2.75) is 6.92 Å². The number of hydrogen-bond acceptors (Lipinski definition) is 6. The maximum atomic E-state index is 12.6. The lowest BCUT2D eigenvalue weighted by atomic mass is 10.1. The number of nitrogens with zero attached hydrogens (tertiary/aromatic N) is 4. The van der Waals surface area contributed by atoms with Crippen LogP contribution in [0.5, 0.6) is 5.75 Å². The third-order valence-electron chi connectivity index (χ3n) is 4.41. The maximum Gasteiger partial charge on any atom is 0.253 e. The van der Waals surface area contributed by atoms with Gasteiger partial charge in [-0.15, -0.1) is 11.3 Å². The monoisotopic (exact) mass is 354 g/mol. The number of aryl methyl sites for hydroxylation is 1. The van der Waals surface area contributed by atoms with E-state index in [4.69, 9.17) is 0 Å². The van der Waals surface area contributed by atoms with Gasteiger partial charge in [0.25, 0.3) is 5.91 Å². The molecule has 0 aliphatic carbocycles. The Bertz CT molecular complexity index is 914. The standard InChI is InChI=1S/C18H18N4O2S/c1-12-10-15-16(19-11-20-17(15)25-12)21-6-8-22(9-7-21)18(24)13-2-4-14(23)5-3-13/h2-5,10-11,23H,6-9H2,1H3. The fourth-order valence-electron chi connectivity index (χ4n) is 3.12. The summed E-state index contributed by atoms with van der Waals surface area (Å²) in [5.41, 5.74) is 0.601. The number of piperazine rings is 1. The Balaban J connectivity index is 1.49. The summed E-state index contributed by atoms with van der Waals surface area (Å²) in [6.45, 7) is 4.85. The van der Waals surface area contributed by atoms with E-state index >= 15 is 0 Å². The molecule has 0 radical (unpaired) electrons. The van der Waals surface area contributed by atoms with E-state index in [1.165, 1.54) is 4.88 Å². The van der Waals surface area contributed by atoms with Crippen LogP contribution in [0.1, 0.15) is 15.2 Å². The number of aromatic nitrogens is 2. The van der Waals surface area contributed by atoms with Crippen LogP contribution in [0.25, 0.3) is 10.2 Å². The molecule has 6 nitrogen and oxygen atoms in total. The van der Waals surface area contributed by atoms with Gasteiger partial charge in [-0.05, 0) is 37.3 Å². The minimum atomic E-state index is -0.00105. The Morgan fingerprint density at radius 1 is 1.12 bits per heavy atom. The highest BCUT2D eigenvalue weighted by Crippen LogP contribution is 2.30. The third kappa shape index (κ3) is 3.02. The fourth-order valence-corrected chi connectivity index (χ4v) is 3.97. The summed E-state index contributed by atoms with van der Waals surface area (Å²) in [5.74, 6) is 1.12. The molecular formula is C18H18N4O2S. The molecule has 0 atom stereocenters. The lowest BCUT2D eigenvalue weighted by Gasteiger charge is -2.35. The van der Waals surface area contributed by atoms with E-state index < -0.39 is 0 Å². The van der Waals surface area contributed by atoms with Crippen molar-refractivity contribution in [1.82, 2.24) is 14.9 Å². The number of amides is 1. The first kappa shape index (κ1) is 15.8. The molecule has 1 amide bonds. The van der Waals surface area contributed by atoms with Gasteiger partial charge in [0, 0.05) is 36.6 Å². The molecule has 1 aliphatic rings. The molecule has 3 aromatic rings. The quantitative estimate of drug-likeness (QED) is 0.766. The number of carbonyl (C=O) groups excluding carboxylic acids is 1. The third-order valence-corrected chi connectivity index (χ3v) is 5.37. The molecular weight excluding hydrogens is 336 g/mol. The number of aromatic hydroxyl groups is 1. The largest absolute Gasteiger partial charge is 0.508 e. The van der Waals surface area contributed by atoms with E-state index in [2.05, 4.69) is 27.9 Å². The van der Waals surface area contributed by atoms with Crippen LogP contribution in [-0.2, 0) is 0 Å². The van der Waals surface area contributed by atoms with E-state index in [-0.39, 0.29) is 11.7 Å². The van der Waals surface area contributed by atoms with Gasteiger partial charge in [-0.2, -0.15) is 0 Å². The second-order valence-electron chi connectivity index (χ2n) is 6.10. The SMILES string of the molecule is Cc1cc2c(N3CCN(C(=O)c4ccc(O)cc4)CC3)ncnc2s1. The van der Waals surface area contributed by atoms with Gasteiger partial charge in [-0.3, -0.25) is 4.79 Å². The molecule has 128 valence electrons. The number of anilines is 1. The molecule has 25 heavy (non-hydrogen) atoms. The van der Waals surface area contributed by atoms with Gasteiger partial charge in [-0.25, -0.2) is 9.97 Å². The number of benzene rings is 1. The van der Waals surface area contributed by atoms with Crippen molar-refractivity contribution in [1.29, 1.82) is 0 Å². The molecule has 0 spiro atoms. The first-order chi connectivity index (χ1) is 12.1. The van der Waals surface area contributed by atoms with Gasteiger partial charge in [0.15, 0.2) is 0 Å². The first-order valence-electron chi connectivity index (χ1n) is 8.16. The summed E-state index contributed by atoms with van der Waals surface area (Å²) in [6.07, 6.45) is 1.61. The predicted molar refractivity (Wildman–Crippen MR) is 98.4 cm³/mol. The molecule has 1 N–H and O–H groups in total. The number of hydrogen-bond donors (Lipinski definition) is 1. The molecule has 1 aromatic carbocycles. The summed E-state index contributed by atoms with van der Waals surface area (Å²) in [6, 6.07) is 8.53. The topological polar surface area (TPSA) is 69.6 Å². The highest BCUT2D eigenvalue weighted by Gasteiger charge is 2.24. The minimum Gasteiger partial charge on any atom is -0.508 e. The van der Waals surface area contributed by atoms with E-state index in [1.807, 2.05) is 4.90 Å². The molecule has 0 saturated carbocycles. The van der Waals surface area contributed by atoms with Gasteiger partial charge in [0.1, 0.15) is 22.7 Å². The molecule has 7 heteroatoms. The van der Waals surface area contributed by atoms with Crippen molar-refractivity contribution in [2.75, 3.05) is 31.1 Å². The first-order valence-corrected chi connectivity index (χ1v) is 8.98. The maximum absolute atomic E-state index is 12.6. The van der Waals surface area contributed by atoms with E-state index in [0.717, 1.165) is 29.1 Å². The van der Waals surface area contributed by atoms with Crippen LogP contribution in [0, 0.1) is 6.92 Å². The summed E-state index contributed by atoms with van der Waals surface area (Å²) in [7, 11) is 0. The van der Waals surface area contributed by atoms with Gasteiger partial charge < -0.3 is 14.9 Å². The molecule has 1 aliphatic heterocycles. The van der Waals surface area contributed by atoms with Crippen LogP contribution in [-0.4, -0.2) is 52.1 Å². The average molecular weight is 354 g/mol. The van der Waals surface area contributed by atoms with Crippen LogP contribution >= 0.6 is 11.3 Å². The van der Waals surface area contributed by atoms with Gasteiger partial charge >= 0.3 is 0 Å². The van der Waals surface area contributed by atoms with Gasteiger partial charge in [-0.1, -0.05) is 0 Å². The predicted octanol–water partition coefficient (Wildman–Crippen LogP) is 2.67. The molecule has 3 heterocycles. The molecule has 0 bridgehead atoms. The smallest absolute Gasteiger partial charge is 0.253 e. The highest BCUT2D eigenvalue weighted by atomic mass is 32.1. The minimum absolute atomic E-state index is 0.00105. The van der Waals surface area contributed by atoms with Crippen molar-refractivity contribution in [3.05, 3.63) is 47.1 Å². The van der Waals surface area contributed by atoms with Crippen molar-refractivity contribution in [2.24, 2.45) is 0 Å². The van der Waals surface area contributed by atoms with Crippen LogP contribution < -0.4 is 4.90 Å². The Labute approximate surface area is 149 Å². The highest BCUT2D eigenvalue weighted by molar-refractivity contribution is 7.18. The molecule has 2 aromatic heterocycles. The number of thiophene rings is 1. The number of phenolic OH excluding ortho intramolecular Hbond substituents is 1. The molecule has 1 saturated heterocycles. The zero-order valence-corrected chi connectivity index (χ0v) is 14.7. The van der Waals surface area contributed by atoms with E-state index in [1.54, 1.807) is 41.9 Å². The molecule has 1 fully saturated rings.